The van der Waals surface area contributed by atoms with Crippen molar-refractivity contribution in [3.05, 3.63) is 54.5 Å². The Balaban J connectivity index is 1.38. The van der Waals surface area contributed by atoms with Gasteiger partial charge < -0.3 is 25.2 Å². The van der Waals surface area contributed by atoms with E-state index in [0.717, 1.165) is 19.3 Å². The van der Waals surface area contributed by atoms with E-state index in [-0.39, 0.29) is 17.6 Å². The topological polar surface area (TPSA) is 177 Å². The van der Waals surface area contributed by atoms with Gasteiger partial charge in [-0.15, -0.1) is 0 Å². The fourth-order valence-corrected chi connectivity index (χ4v) is 5.82. The number of nitriles is 1. The average molecular weight is 500 g/mol. The third kappa shape index (κ3) is 4.27. The molecule has 1 aromatic carbocycles. The molecule has 0 amide bonds. The minimum absolute atomic E-state index is 0.0278. The summed E-state index contributed by atoms with van der Waals surface area (Å²) in [6.07, 6.45) is -0.488. The van der Waals surface area contributed by atoms with E-state index >= 15 is 0 Å². The number of nitrogen functional groups attached to an aromatic ring is 1. The maximum absolute atomic E-state index is 13.5. The third-order valence-electron chi connectivity index (χ3n) is 6.31. The van der Waals surface area contributed by atoms with E-state index in [4.69, 9.17) is 19.5 Å². The maximum Gasteiger partial charge on any atom is 0.459 e. The quantitative estimate of drug-likeness (QED) is 0.330. The number of aliphatic hydroxyl groups excluding tert-OH is 2. The van der Waals surface area contributed by atoms with E-state index in [0.29, 0.717) is 11.3 Å². The van der Waals surface area contributed by atoms with Crippen molar-refractivity contribution in [1.29, 1.82) is 5.26 Å². The van der Waals surface area contributed by atoms with Gasteiger partial charge in [0, 0.05) is 6.04 Å². The second-order valence-electron chi connectivity index (χ2n) is 8.55. The number of para-hydroxylation sites is 1. The zero-order valence-electron chi connectivity index (χ0n) is 18.6. The van der Waals surface area contributed by atoms with Gasteiger partial charge in [0.05, 0.1) is 12.3 Å². The van der Waals surface area contributed by atoms with Crippen LogP contribution in [-0.2, 0) is 19.4 Å². The second-order valence-corrected chi connectivity index (χ2v) is 10.2. The van der Waals surface area contributed by atoms with Gasteiger partial charge in [-0.25, -0.2) is 19.2 Å². The first-order chi connectivity index (χ1) is 16.8. The Kier molecular flexibility index (Phi) is 6.23. The Hall–Kier alpha value is -3.04. The lowest BCUT2D eigenvalue weighted by atomic mass is 9.92. The van der Waals surface area contributed by atoms with Crippen LogP contribution in [-0.4, -0.2) is 55.8 Å². The van der Waals surface area contributed by atoms with Gasteiger partial charge in [0.2, 0.25) is 5.60 Å². The molecule has 1 saturated carbocycles. The first kappa shape index (κ1) is 23.7. The molecule has 184 valence electrons. The second kappa shape index (κ2) is 9.20. The molecular weight excluding hydrogens is 475 g/mol. The van der Waals surface area contributed by atoms with Crippen LogP contribution in [0, 0.1) is 11.3 Å². The van der Waals surface area contributed by atoms with Crippen LogP contribution in [0.3, 0.4) is 0 Å². The van der Waals surface area contributed by atoms with Gasteiger partial charge in [-0.2, -0.15) is 10.4 Å². The summed E-state index contributed by atoms with van der Waals surface area (Å²) in [6, 6.07) is 13.6. The van der Waals surface area contributed by atoms with Gasteiger partial charge in [0.25, 0.3) is 0 Å². The summed E-state index contributed by atoms with van der Waals surface area (Å²) in [5.41, 5.74) is 4.47. The molecule has 5 rings (SSSR count). The van der Waals surface area contributed by atoms with E-state index in [1.807, 2.05) is 6.07 Å². The van der Waals surface area contributed by atoms with E-state index in [1.165, 1.54) is 16.9 Å². The standard InChI is InChI=1S/C22H25N6O6P/c23-12-22(18-10-9-16-21(24)25-13-26-28(16)18)20(30)19(29)17(33-22)11-32-35(31,27-14-5-4-6-14)34-15-7-2-1-3-8-15/h1-3,7-10,13-14,17,19-20,29-30H,4-6,11H2,(H,27,31)(H2,24,25,26)/t17-,19-,20-,22+,35?/m1/s1. The van der Waals surface area contributed by atoms with Gasteiger partial charge >= 0.3 is 7.75 Å². The highest BCUT2D eigenvalue weighted by atomic mass is 31.2. The van der Waals surface area contributed by atoms with Crippen LogP contribution < -0.4 is 15.3 Å². The van der Waals surface area contributed by atoms with E-state index in [2.05, 4.69) is 15.2 Å². The molecule has 13 heteroatoms. The molecule has 0 bridgehead atoms. The SMILES string of the molecule is N#C[C@@]1(c2ccc3c(N)ncnn23)O[C@H](COP(=O)(NC2CCC2)Oc2ccccc2)[C@@H](O)[C@H]1O. The minimum Gasteiger partial charge on any atom is -0.413 e. The molecule has 2 aromatic heterocycles. The number of aromatic nitrogens is 3. The highest BCUT2D eigenvalue weighted by Gasteiger charge is 2.58. The number of hydrogen-bond acceptors (Lipinski definition) is 10. The number of benzene rings is 1. The van der Waals surface area contributed by atoms with Crippen LogP contribution in [0.4, 0.5) is 5.82 Å². The lowest BCUT2D eigenvalue weighted by Gasteiger charge is -2.31. The zero-order chi connectivity index (χ0) is 24.6. The van der Waals surface area contributed by atoms with Crippen LogP contribution in [0.2, 0.25) is 0 Å². The van der Waals surface area contributed by atoms with E-state index in [9.17, 15) is 20.0 Å². The number of nitrogens with one attached hydrogen (secondary N) is 1. The lowest BCUT2D eigenvalue weighted by Crippen LogP contribution is -2.41. The molecule has 2 aliphatic rings. The Morgan fingerprint density at radius 1 is 1.29 bits per heavy atom. The molecule has 0 spiro atoms. The van der Waals surface area contributed by atoms with Crippen molar-refractivity contribution in [3.8, 4) is 11.8 Å². The van der Waals surface area contributed by atoms with Gasteiger partial charge in [-0.3, -0.25) is 4.52 Å². The predicted octanol–water partition coefficient (Wildman–Crippen LogP) is 1.50. The Morgan fingerprint density at radius 3 is 2.74 bits per heavy atom. The molecule has 5 N–H and O–H groups in total. The van der Waals surface area contributed by atoms with Crippen molar-refractivity contribution < 1.29 is 28.6 Å². The van der Waals surface area contributed by atoms with E-state index in [1.54, 1.807) is 36.4 Å². The monoisotopic (exact) mass is 500 g/mol. The Labute approximate surface area is 200 Å². The number of anilines is 1. The molecule has 5 atom stereocenters. The number of fused-ring (bicyclic) bond motifs is 1. The van der Waals surface area contributed by atoms with Crippen molar-refractivity contribution >= 4 is 19.1 Å². The molecule has 1 aliphatic carbocycles. The molecule has 3 heterocycles. The molecule has 1 unspecified atom stereocenters. The maximum atomic E-state index is 13.5. The Morgan fingerprint density at radius 2 is 2.06 bits per heavy atom. The number of aliphatic hydroxyl groups is 2. The van der Waals surface area contributed by atoms with Gasteiger partial charge in [-0.05, 0) is 37.1 Å². The summed E-state index contributed by atoms with van der Waals surface area (Å²) in [5.74, 6) is 0.521. The minimum atomic E-state index is -3.87. The fraction of sp³-hybridized carbons (Fsp3) is 0.409. The molecule has 3 aromatic rings. The van der Waals surface area contributed by atoms with Gasteiger partial charge in [-0.1, -0.05) is 24.6 Å². The predicted molar refractivity (Wildman–Crippen MR) is 123 cm³/mol. The summed E-state index contributed by atoms with van der Waals surface area (Å²) < 4.78 is 32.1. The third-order valence-corrected chi connectivity index (χ3v) is 7.93. The molecule has 2 fully saturated rings. The van der Waals surface area contributed by atoms with Crippen molar-refractivity contribution in [1.82, 2.24) is 19.7 Å². The normalized spacial score (nSPS) is 28.3. The number of ether oxygens (including phenoxy) is 1. The summed E-state index contributed by atoms with van der Waals surface area (Å²) in [6.45, 7) is -0.411. The van der Waals surface area contributed by atoms with Crippen molar-refractivity contribution in [2.24, 2.45) is 0 Å². The average Bonchev–Trinajstić information content (AvgIpc) is 3.37. The molecule has 0 radical (unpaired) electrons. The van der Waals surface area contributed by atoms with Crippen molar-refractivity contribution in [2.75, 3.05) is 12.3 Å². The zero-order valence-corrected chi connectivity index (χ0v) is 19.5. The molecule has 12 nitrogen and oxygen atoms in total. The van der Waals surface area contributed by atoms with Gasteiger partial charge in [0.15, 0.2) is 5.82 Å². The highest BCUT2D eigenvalue weighted by molar-refractivity contribution is 7.52. The largest absolute Gasteiger partial charge is 0.459 e. The molecule has 1 saturated heterocycles. The van der Waals surface area contributed by atoms with Crippen LogP contribution in [0.15, 0.2) is 48.8 Å². The molecular formula is C22H25N6O6P. The highest BCUT2D eigenvalue weighted by Crippen LogP contribution is 2.48. The number of rotatable bonds is 8. The van der Waals surface area contributed by atoms with Crippen LogP contribution in [0.5, 0.6) is 5.75 Å². The van der Waals surface area contributed by atoms with Crippen molar-refractivity contribution in [2.45, 2.75) is 49.2 Å². The smallest absolute Gasteiger partial charge is 0.413 e. The summed E-state index contributed by atoms with van der Waals surface area (Å²) >= 11 is 0. The number of nitrogens with two attached hydrogens (primary N) is 1. The van der Waals surface area contributed by atoms with E-state index < -0.39 is 38.3 Å². The van der Waals surface area contributed by atoms with Gasteiger partial charge in [0.1, 0.15) is 42.0 Å². The first-order valence-corrected chi connectivity index (χ1v) is 12.7. The first-order valence-electron chi connectivity index (χ1n) is 11.2. The summed E-state index contributed by atoms with van der Waals surface area (Å²) in [4.78, 5) is 3.91. The lowest BCUT2D eigenvalue weighted by molar-refractivity contribution is -0.0621. The fourth-order valence-electron chi connectivity index (χ4n) is 4.19. The van der Waals surface area contributed by atoms with Crippen LogP contribution in [0.1, 0.15) is 25.0 Å². The van der Waals surface area contributed by atoms with Crippen LogP contribution >= 0.6 is 7.75 Å². The molecule has 35 heavy (non-hydrogen) atoms. The molecule has 1 aliphatic heterocycles. The Bertz CT molecular complexity index is 1290. The van der Waals surface area contributed by atoms with Crippen LogP contribution in [0.25, 0.3) is 5.52 Å². The van der Waals surface area contributed by atoms with Crippen molar-refractivity contribution in [3.63, 3.8) is 0 Å². The number of hydrogen-bond donors (Lipinski definition) is 4. The number of nitrogens with zero attached hydrogens (tertiary/aromatic N) is 4. The summed E-state index contributed by atoms with van der Waals surface area (Å²) in [5, 5.41) is 38.7. The summed E-state index contributed by atoms with van der Waals surface area (Å²) in [7, 11) is -3.87.